The van der Waals surface area contributed by atoms with Crippen LogP contribution in [0.1, 0.15) is 16.1 Å². The molecule has 0 saturated heterocycles. The van der Waals surface area contributed by atoms with Gasteiger partial charge >= 0.3 is 0 Å². The van der Waals surface area contributed by atoms with Gasteiger partial charge in [-0.1, -0.05) is 24.3 Å². The van der Waals surface area contributed by atoms with E-state index in [-0.39, 0.29) is 27.2 Å². The molecule has 0 fully saturated rings. The Bertz CT molecular complexity index is 1320. The van der Waals surface area contributed by atoms with E-state index in [0.717, 1.165) is 3.97 Å². The van der Waals surface area contributed by atoms with E-state index in [1.165, 1.54) is 41.4 Å². The van der Waals surface area contributed by atoms with Gasteiger partial charge in [0.1, 0.15) is 17.3 Å². The molecule has 0 saturated carbocycles. The molecule has 0 unspecified atom stereocenters. The number of aromatic nitrogens is 1. The molecule has 1 aromatic heterocycles. The smallest absolute Gasteiger partial charge is 0.268 e. The Morgan fingerprint density at radius 2 is 1.76 bits per heavy atom. The summed E-state index contributed by atoms with van der Waals surface area (Å²) >= 11 is 0. The largest absolute Gasteiger partial charge is 0.382 e. The Morgan fingerprint density at radius 1 is 1.07 bits per heavy atom. The number of Topliss-reactive ketones (excluding diaryl/α,β-unsaturated/α-hetero) is 1. The molecule has 144 valence electrons. The second-order valence-electron chi connectivity index (χ2n) is 6.44. The number of hydrogen-bond donors (Lipinski definition) is 0. The minimum absolute atomic E-state index is 0.0102. The van der Waals surface area contributed by atoms with E-state index in [4.69, 9.17) is 0 Å². The van der Waals surface area contributed by atoms with Crippen LogP contribution >= 0.6 is 0 Å². The molecule has 0 amide bonds. The lowest BCUT2D eigenvalue weighted by molar-refractivity contribution is 0.103. The minimum atomic E-state index is -4.16. The standard InChI is InChI=1S/C21H16N4O3S/c1-24(2)14-17(13-23)21(26)20-11-16-9-8-15(12-22)10-19(16)25(20)29(27,28)18-6-4-3-5-7-18/h3-11,14H,1-2H3/b17-14+. The maximum absolute atomic E-state index is 13.4. The molecule has 2 aromatic carbocycles. The van der Waals surface area contributed by atoms with Crippen molar-refractivity contribution in [2.24, 2.45) is 0 Å². The zero-order valence-electron chi connectivity index (χ0n) is 15.7. The minimum Gasteiger partial charge on any atom is -0.382 e. The molecular formula is C21H16N4O3S. The van der Waals surface area contributed by atoms with Crippen LogP contribution in [-0.4, -0.2) is 37.2 Å². The maximum atomic E-state index is 13.4. The molecule has 8 heteroatoms. The lowest BCUT2D eigenvalue weighted by atomic mass is 10.1. The van der Waals surface area contributed by atoms with Gasteiger partial charge < -0.3 is 4.90 Å². The van der Waals surface area contributed by atoms with Gasteiger partial charge in [-0.2, -0.15) is 10.5 Å². The third-order valence-electron chi connectivity index (χ3n) is 4.16. The number of carbonyl (C=O) groups excluding carboxylic acids is 1. The number of benzene rings is 2. The summed E-state index contributed by atoms with van der Waals surface area (Å²) < 4.78 is 27.7. The fraction of sp³-hybridized carbons (Fsp3) is 0.0952. The zero-order chi connectivity index (χ0) is 21.2. The SMILES string of the molecule is CN(C)/C=C(\C#N)C(=O)c1cc2ccc(C#N)cc2n1S(=O)(=O)c1ccccc1. The summed E-state index contributed by atoms with van der Waals surface area (Å²) in [5.74, 6) is -0.726. The predicted molar refractivity (Wildman–Crippen MR) is 107 cm³/mol. The van der Waals surface area contributed by atoms with Gasteiger partial charge in [-0.25, -0.2) is 12.4 Å². The van der Waals surface area contributed by atoms with Crippen LogP contribution in [0.4, 0.5) is 0 Å². The molecule has 0 aliphatic rings. The summed E-state index contributed by atoms with van der Waals surface area (Å²) in [5, 5.41) is 19.1. The van der Waals surface area contributed by atoms with Crippen molar-refractivity contribution in [3.8, 4) is 12.1 Å². The molecule has 0 aliphatic carbocycles. The fourth-order valence-electron chi connectivity index (χ4n) is 2.90. The molecule has 29 heavy (non-hydrogen) atoms. The second kappa shape index (κ2) is 7.63. The number of ketones is 1. The fourth-order valence-corrected chi connectivity index (χ4v) is 4.42. The third kappa shape index (κ3) is 3.62. The molecule has 0 spiro atoms. The van der Waals surface area contributed by atoms with E-state index in [2.05, 4.69) is 0 Å². The first kappa shape index (κ1) is 19.9. The number of carbonyl (C=O) groups is 1. The Balaban J connectivity index is 2.38. The summed E-state index contributed by atoms with van der Waals surface area (Å²) in [6.45, 7) is 0. The molecule has 3 aromatic rings. The van der Waals surface area contributed by atoms with Gasteiger partial charge in [0.15, 0.2) is 0 Å². The number of hydrogen-bond acceptors (Lipinski definition) is 6. The first-order valence-electron chi connectivity index (χ1n) is 8.49. The summed E-state index contributed by atoms with van der Waals surface area (Å²) in [4.78, 5) is 14.6. The van der Waals surface area contributed by atoms with Crippen molar-refractivity contribution >= 4 is 26.7 Å². The van der Waals surface area contributed by atoms with Gasteiger partial charge in [0.2, 0.25) is 5.78 Å². The molecule has 3 rings (SSSR count). The highest BCUT2D eigenvalue weighted by molar-refractivity contribution is 7.90. The van der Waals surface area contributed by atoms with Gasteiger partial charge in [-0.05, 0) is 30.3 Å². The first-order chi connectivity index (χ1) is 13.8. The van der Waals surface area contributed by atoms with Crippen molar-refractivity contribution in [1.82, 2.24) is 8.87 Å². The lowest BCUT2D eigenvalue weighted by Gasteiger charge is -2.12. The number of nitrogens with zero attached hydrogens (tertiary/aromatic N) is 4. The number of allylic oxidation sites excluding steroid dienone is 1. The molecular weight excluding hydrogens is 388 g/mol. The summed E-state index contributed by atoms with van der Waals surface area (Å²) in [7, 11) is -0.851. The maximum Gasteiger partial charge on any atom is 0.268 e. The van der Waals surface area contributed by atoms with Crippen LogP contribution in [0.5, 0.6) is 0 Å². The average Bonchev–Trinajstić information content (AvgIpc) is 3.11. The van der Waals surface area contributed by atoms with E-state index in [0.29, 0.717) is 5.39 Å². The van der Waals surface area contributed by atoms with Crippen LogP contribution in [0.3, 0.4) is 0 Å². The first-order valence-corrected chi connectivity index (χ1v) is 9.93. The zero-order valence-corrected chi connectivity index (χ0v) is 16.5. The van der Waals surface area contributed by atoms with Crippen LogP contribution in [0.15, 0.2) is 71.3 Å². The summed E-state index contributed by atoms with van der Waals surface area (Å²) in [6, 6.07) is 17.4. The number of nitriles is 2. The molecule has 1 heterocycles. The van der Waals surface area contributed by atoms with Crippen LogP contribution in [0.25, 0.3) is 10.9 Å². The highest BCUT2D eigenvalue weighted by Crippen LogP contribution is 2.28. The number of fused-ring (bicyclic) bond motifs is 1. The molecule has 0 aliphatic heterocycles. The third-order valence-corrected chi connectivity index (χ3v) is 5.90. The monoisotopic (exact) mass is 404 g/mol. The van der Waals surface area contributed by atoms with Crippen molar-refractivity contribution < 1.29 is 13.2 Å². The van der Waals surface area contributed by atoms with Crippen molar-refractivity contribution in [2.75, 3.05) is 14.1 Å². The van der Waals surface area contributed by atoms with Gasteiger partial charge in [0.05, 0.1) is 22.0 Å². The Hall–Kier alpha value is -3.88. The van der Waals surface area contributed by atoms with Gasteiger partial charge in [0.25, 0.3) is 10.0 Å². The highest BCUT2D eigenvalue weighted by atomic mass is 32.2. The topological polar surface area (TPSA) is 107 Å². The van der Waals surface area contributed by atoms with E-state index in [1.807, 2.05) is 12.1 Å². The summed E-state index contributed by atoms with van der Waals surface area (Å²) in [6.07, 6.45) is 1.33. The second-order valence-corrected chi connectivity index (χ2v) is 8.23. The quantitative estimate of drug-likeness (QED) is 0.368. The number of rotatable bonds is 5. The molecule has 0 N–H and O–H groups in total. The van der Waals surface area contributed by atoms with E-state index < -0.39 is 15.8 Å². The van der Waals surface area contributed by atoms with Crippen molar-refractivity contribution in [3.63, 3.8) is 0 Å². The Kier molecular flexibility index (Phi) is 5.22. The van der Waals surface area contributed by atoms with Gasteiger partial charge in [-0.3, -0.25) is 4.79 Å². The molecule has 0 radical (unpaired) electrons. The summed E-state index contributed by atoms with van der Waals surface area (Å²) in [5.41, 5.74) is 0.0678. The Morgan fingerprint density at radius 3 is 2.34 bits per heavy atom. The van der Waals surface area contributed by atoms with Gasteiger partial charge in [-0.15, -0.1) is 0 Å². The van der Waals surface area contributed by atoms with E-state index in [1.54, 1.807) is 38.4 Å². The normalized spacial score (nSPS) is 11.7. The van der Waals surface area contributed by atoms with E-state index >= 15 is 0 Å². The van der Waals surface area contributed by atoms with Crippen LogP contribution in [0, 0.1) is 22.7 Å². The van der Waals surface area contributed by atoms with Crippen molar-refractivity contribution in [1.29, 1.82) is 10.5 Å². The highest BCUT2D eigenvalue weighted by Gasteiger charge is 2.28. The lowest BCUT2D eigenvalue weighted by Crippen LogP contribution is -2.20. The molecule has 0 atom stereocenters. The average molecular weight is 404 g/mol. The van der Waals surface area contributed by atoms with Crippen LogP contribution in [0.2, 0.25) is 0 Å². The Labute approximate surface area is 168 Å². The van der Waals surface area contributed by atoms with Crippen molar-refractivity contribution in [2.45, 2.75) is 4.90 Å². The molecule has 0 bridgehead atoms. The van der Waals surface area contributed by atoms with Crippen LogP contribution in [-0.2, 0) is 10.0 Å². The predicted octanol–water partition coefficient (Wildman–Crippen LogP) is 2.90. The molecule has 7 nitrogen and oxygen atoms in total. The van der Waals surface area contributed by atoms with Crippen LogP contribution < -0.4 is 0 Å². The van der Waals surface area contributed by atoms with Gasteiger partial charge in [0, 0.05) is 25.7 Å². The van der Waals surface area contributed by atoms with E-state index in [9.17, 15) is 23.7 Å². The van der Waals surface area contributed by atoms with Crippen molar-refractivity contribution in [3.05, 3.63) is 77.6 Å².